The molecule has 0 saturated carbocycles. The Kier molecular flexibility index (Phi) is 3.90. The van der Waals surface area contributed by atoms with Gasteiger partial charge in [-0.05, 0) is 36.0 Å². The maximum atomic E-state index is 11.8. The van der Waals surface area contributed by atoms with Gasteiger partial charge in [0.05, 0.1) is 0 Å². The van der Waals surface area contributed by atoms with Gasteiger partial charge >= 0.3 is 0 Å². The van der Waals surface area contributed by atoms with Crippen LogP contribution in [0.3, 0.4) is 0 Å². The van der Waals surface area contributed by atoms with Crippen molar-refractivity contribution in [2.75, 3.05) is 18.1 Å². The van der Waals surface area contributed by atoms with E-state index in [0.29, 0.717) is 18.7 Å². The Labute approximate surface area is 104 Å². The minimum Gasteiger partial charge on any atom is -0.440 e. The van der Waals surface area contributed by atoms with Gasteiger partial charge in [0.2, 0.25) is 5.09 Å². The molecule has 1 aliphatic heterocycles. The zero-order valence-electron chi connectivity index (χ0n) is 9.09. The van der Waals surface area contributed by atoms with Crippen molar-refractivity contribution in [1.29, 1.82) is 0 Å². The summed E-state index contributed by atoms with van der Waals surface area (Å²) in [7, 11) is -3.62. The topological polar surface area (TPSA) is 76.4 Å². The van der Waals surface area contributed by atoms with Crippen molar-refractivity contribution in [3.63, 3.8) is 0 Å². The van der Waals surface area contributed by atoms with E-state index >= 15 is 0 Å². The average Bonchev–Trinajstić information content (AvgIpc) is 2.98. The Morgan fingerprint density at radius 3 is 2.94 bits per heavy atom. The molecule has 94 valence electrons. The quantitative estimate of drug-likeness (QED) is 0.815. The normalized spacial score (nSPS) is 20.6. The number of nitrogens with one attached hydrogen (secondary N) is 1. The van der Waals surface area contributed by atoms with Gasteiger partial charge in [-0.25, -0.2) is 13.1 Å². The first-order valence-electron chi connectivity index (χ1n) is 5.24. The highest BCUT2D eigenvalue weighted by molar-refractivity contribution is 7.99. The largest absolute Gasteiger partial charge is 0.440 e. The van der Waals surface area contributed by atoms with Crippen LogP contribution in [0.25, 0.3) is 0 Å². The van der Waals surface area contributed by atoms with E-state index in [1.807, 2.05) is 11.8 Å². The number of carbonyl (C=O) groups is 1. The summed E-state index contributed by atoms with van der Waals surface area (Å²) in [5.74, 6) is 2.47. The van der Waals surface area contributed by atoms with E-state index in [1.165, 1.54) is 12.1 Å². The molecule has 1 aromatic rings. The van der Waals surface area contributed by atoms with Crippen LogP contribution in [-0.2, 0) is 10.0 Å². The first-order chi connectivity index (χ1) is 8.12. The lowest BCUT2D eigenvalue weighted by Gasteiger charge is -2.08. The van der Waals surface area contributed by atoms with Crippen LogP contribution in [0.15, 0.2) is 21.6 Å². The zero-order chi connectivity index (χ0) is 12.3. The molecular formula is C10H13NO4S2. The number of hydrogen-bond acceptors (Lipinski definition) is 5. The van der Waals surface area contributed by atoms with Crippen molar-refractivity contribution in [2.45, 2.75) is 11.5 Å². The fraction of sp³-hybridized carbons (Fsp3) is 0.500. The highest BCUT2D eigenvalue weighted by Crippen LogP contribution is 2.23. The minimum absolute atomic E-state index is 0.0156. The van der Waals surface area contributed by atoms with E-state index in [-0.39, 0.29) is 10.9 Å². The highest BCUT2D eigenvalue weighted by atomic mass is 32.2. The SMILES string of the molecule is O=Cc1ccc(S(=O)(=O)NCC2CCSC2)o1. The van der Waals surface area contributed by atoms with Gasteiger partial charge in [-0.2, -0.15) is 11.8 Å². The van der Waals surface area contributed by atoms with Crippen LogP contribution in [0.4, 0.5) is 0 Å². The molecule has 1 aromatic heterocycles. The van der Waals surface area contributed by atoms with E-state index in [4.69, 9.17) is 4.42 Å². The second-order valence-electron chi connectivity index (χ2n) is 3.86. The zero-order valence-corrected chi connectivity index (χ0v) is 10.7. The molecular weight excluding hydrogens is 262 g/mol. The second kappa shape index (κ2) is 5.24. The predicted molar refractivity (Wildman–Crippen MR) is 64.7 cm³/mol. The van der Waals surface area contributed by atoms with Crippen molar-refractivity contribution in [3.8, 4) is 0 Å². The standard InChI is InChI=1S/C10H13NO4S2/c12-6-9-1-2-10(15-9)17(13,14)11-5-8-3-4-16-7-8/h1-2,6,8,11H,3-5,7H2. The van der Waals surface area contributed by atoms with E-state index in [9.17, 15) is 13.2 Å². The van der Waals surface area contributed by atoms with Crippen LogP contribution in [0.5, 0.6) is 0 Å². The van der Waals surface area contributed by atoms with Crippen LogP contribution in [0.1, 0.15) is 17.0 Å². The number of sulfonamides is 1. The molecule has 0 spiro atoms. The molecule has 2 heterocycles. The monoisotopic (exact) mass is 275 g/mol. The predicted octanol–water partition coefficient (Wildman–Crippen LogP) is 1.12. The third kappa shape index (κ3) is 3.11. The summed E-state index contributed by atoms with van der Waals surface area (Å²) in [5, 5.41) is -0.203. The van der Waals surface area contributed by atoms with Crippen LogP contribution in [-0.4, -0.2) is 32.8 Å². The third-order valence-electron chi connectivity index (χ3n) is 2.57. The molecule has 0 amide bonds. The van der Waals surface area contributed by atoms with Crippen molar-refractivity contribution in [1.82, 2.24) is 4.72 Å². The first-order valence-corrected chi connectivity index (χ1v) is 7.88. The molecule has 1 fully saturated rings. The number of aldehydes is 1. The minimum atomic E-state index is -3.62. The summed E-state index contributed by atoms with van der Waals surface area (Å²) >= 11 is 1.83. The maximum absolute atomic E-state index is 11.8. The molecule has 2 rings (SSSR count). The maximum Gasteiger partial charge on any atom is 0.273 e. The van der Waals surface area contributed by atoms with Gasteiger partial charge in [0.1, 0.15) is 0 Å². The summed E-state index contributed by atoms with van der Waals surface area (Å²) < 4.78 is 31.0. The summed E-state index contributed by atoms with van der Waals surface area (Å²) in [5.41, 5.74) is 0. The van der Waals surface area contributed by atoms with Crippen molar-refractivity contribution >= 4 is 28.1 Å². The number of carbonyl (C=O) groups excluding carboxylic acids is 1. The Hall–Kier alpha value is -0.790. The van der Waals surface area contributed by atoms with Crippen LogP contribution in [0.2, 0.25) is 0 Å². The molecule has 17 heavy (non-hydrogen) atoms. The summed E-state index contributed by atoms with van der Waals surface area (Å²) in [6.07, 6.45) is 1.51. The first kappa shape index (κ1) is 12.7. The Morgan fingerprint density at radius 1 is 1.53 bits per heavy atom. The molecule has 1 atom stereocenters. The highest BCUT2D eigenvalue weighted by Gasteiger charge is 2.22. The molecule has 1 saturated heterocycles. The molecule has 5 nitrogen and oxygen atoms in total. The van der Waals surface area contributed by atoms with E-state index in [2.05, 4.69) is 4.72 Å². The molecule has 1 N–H and O–H groups in total. The lowest BCUT2D eigenvalue weighted by molar-refractivity contribution is 0.109. The van der Waals surface area contributed by atoms with E-state index < -0.39 is 10.0 Å². The van der Waals surface area contributed by atoms with Gasteiger partial charge < -0.3 is 4.42 Å². The molecule has 7 heteroatoms. The molecule has 1 unspecified atom stereocenters. The Morgan fingerprint density at radius 2 is 2.35 bits per heavy atom. The van der Waals surface area contributed by atoms with Crippen LogP contribution < -0.4 is 4.72 Å². The number of hydrogen-bond donors (Lipinski definition) is 1. The van der Waals surface area contributed by atoms with Gasteiger partial charge in [-0.1, -0.05) is 0 Å². The third-order valence-corrected chi connectivity index (χ3v) is 5.10. The van der Waals surface area contributed by atoms with Gasteiger partial charge in [-0.15, -0.1) is 0 Å². The second-order valence-corrected chi connectivity index (χ2v) is 6.70. The van der Waals surface area contributed by atoms with Crippen LogP contribution in [0, 0.1) is 5.92 Å². The summed E-state index contributed by atoms with van der Waals surface area (Å²) in [6.45, 7) is 0.423. The van der Waals surface area contributed by atoms with E-state index in [0.717, 1.165) is 17.9 Å². The number of rotatable bonds is 5. The van der Waals surface area contributed by atoms with Gasteiger partial charge in [0.15, 0.2) is 12.0 Å². The lowest BCUT2D eigenvalue weighted by atomic mass is 10.1. The van der Waals surface area contributed by atoms with Gasteiger partial charge in [0.25, 0.3) is 10.0 Å². The fourth-order valence-corrected chi connectivity index (χ4v) is 3.92. The molecule has 0 bridgehead atoms. The molecule has 1 aliphatic rings. The number of furan rings is 1. The van der Waals surface area contributed by atoms with Crippen molar-refractivity contribution < 1.29 is 17.6 Å². The smallest absolute Gasteiger partial charge is 0.273 e. The summed E-state index contributed by atoms with van der Waals surface area (Å²) in [6, 6.07) is 2.63. The Bertz CT molecular complexity index is 488. The summed E-state index contributed by atoms with van der Waals surface area (Å²) in [4.78, 5) is 10.4. The Balaban J connectivity index is 2.00. The van der Waals surface area contributed by atoms with Crippen molar-refractivity contribution in [2.24, 2.45) is 5.92 Å². The lowest BCUT2D eigenvalue weighted by Crippen LogP contribution is -2.29. The van der Waals surface area contributed by atoms with Gasteiger partial charge in [0, 0.05) is 6.54 Å². The molecule has 0 aromatic carbocycles. The van der Waals surface area contributed by atoms with E-state index in [1.54, 1.807) is 0 Å². The number of thioether (sulfide) groups is 1. The average molecular weight is 275 g/mol. The molecule has 0 aliphatic carbocycles. The van der Waals surface area contributed by atoms with Gasteiger partial charge in [-0.3, -0.25) is 4.79 Å². The van der Waals surface area contributed by atoms with Crippen LogP contribution >= 0.6 is 11.8 Å². The molecule has 0 radical (unpaired) electrons. The fourth-order valence-electron chi connectivity index (χ4n) is 1.59. The van der Waals surface area contributed by atoms with Crippen molar-refractivity contribution in [3.05, 3.63) is 17.9 Å².